The molecule has 1 aliphatic rings. The molecule has 0 saturated carbocycles. The number of nitrogens with zero attached hydrogens (tertiary/aromatic N) is 1. The van der Waals surface area contributed by atoms with E-state index >= 15 is 0 Å². The molecular formula is C20H18FNO2. The van der Waals surface area contributed by atoms with E-state index in [2.05, 4.69) is 22.9 Å². The van der Waals surface area contributed by atoms with Gasteiger partial charge in [-0.15, -0.1) is 0 Å². The fourth-order valence-electron chi connectivity index (χ4n) is 3.36. The maximum atomic E-state index is 13.8. The number of ether oxygens (including phenoxy) is 2. The monoisotopic (exact) mass is 323 g/mol. The first-order chi connectivity index (χ1) is 11.7. The molecule has 0 radical (unpaired) electrons. The molecule has 0 aliphatic carbocycles. The van der Waals surface area contributed by atoms with E-state index in [9.17, 15) is 4.39 Å². The molecule has 0 N–H and O–H groups in total. The molecule has 0 bridgehead atoms. The van der Waals surface area contributed by atoms with Gasteiger partial charge in [-0.2, -0.15) is 0 Å². The molecule has 24 heavy (non-hydrogen) atoms. The second-order valence-corrected chi connectivity index (χ2v) is 6.03. The lowest BCUT2D eigenvalue weighted by Crippen LogP contribution is -2.14. The van der Waals surface area contributed by atoms with Crippen LogP contribution >= 0.6 is 0 Å². The minimum Gasteiger partial charge on any atom is -0.483 e. The lowest BCUT2D eigenvalue weighted by atomic mass is 9.94. The van der Waals surface area contributed by atoms with Crippen molar-refractivity contribution in [1.82, 2.24) is 4.57 Å². The average Bonchev–Trinajstić information content (AvgIpc) is 2.92. The molecule has 1 aliphatic heterocycles. The Kier molecular flexibility index (Phi) is 3.62. The third-order valence-corrected chi connectivity index (χ3v) is 4.41. The predicted octanol–water partition coefficient (Wildman–Crippen LogP) is 4.42. The fourth-order valence-corrected chi connectivity index (χ4v) is 3.36. The Morgan fingerprint density at radius 3 is 2.83 bits per heavy atom. The Labute approximate surface area is 139 Å². The van der Waals surface area contributed by atoms with E-state index in [0.717, 1.165) is 33.4 Å². The van der Waals surface area contributed by atoms with E-state index in [1.165, 1.54) is 6.07 Å². The molecule has 2 heterocycles. The summed E-state index contributed by atoms with van der Waals surface area (Å²) in [6, 6.07) is 13.0. The highest BCUT2D eigenvalue weighted by atomic mass is 19.1. The van der Waals surface area contributed by atoms with Crippen LogP contribution in [0, 0.1) is 5.82 Å². The van der Waals surface area contributed by atoms with Gasteiger partial charge in [-0.05, 0) is 29.8 Å². The van der Waals surface area contributed by atoms with E-state index in [0.29, 0.717) is 6.61 Å². The van der Waals surface area contributed by atoms with Gasteiger partial charge < -0.3 is 14.0 Å². The number of methoxy groups -OCH3 is 1. The highest BCUT2D eigenvalue weighted by Gasteiger charge is 2.27. The lowest BCUT2D eigenvalue weighted by Gasteiger charge is -2.27. The van der Waals surface area contributed by atoms with E-state index in [-0.39, 0.29) is 11.9 Å². The van der Waals surface area contributed by atoms with Crippen LogP contribution in [0.1, 0.15) is 22.8 Å². The van der Waals surface area contributed by atoms with Crippen molar-refractivity contribution in [1.29, 1.82) is 0 Å². The van der Waals surface area contributed by atoms with Gasteiger partial charge in [0.05, 0.1) is 0 Å². The van der Waals surface area contributed by atoms with Gasteiger partial charge in [0.2, 0.25) is 0 Å². The van der Waals surface area contributed by atoms with Crippen LogP contribution in [0.4, 0.5) is 4.39 Å². The van der Waals surface area contributed by atoms with Crippen molar-refractivity contribution in [3.05, 3.63) is 76.9 Å². The zero-order valence-corrected chi connectivity index (χ0v) is 13.6. The Morgan fingerprint density at radius 2 is 2.00 bits per heavy atom. The van der Waals surface area contributed by atoms with Crippen LogP contribution in [0.15, 0.2) is 54.4 Å². The number of fused-ring (bicyclic) bond motifs is 2. The van der Waals surface area contributed by atoms with Crippen LogP contribution in [0.5, 0.6) is 0 Å². The summed E-state index contributed by atoms with van der Waals surface area (Å²) in [5.74, 6) is 0.487. The Bertz CT molecular complexity index is 942. The van der Waals surface area contributed by atoms with Crippen LogP contribution in [0.25, 0.3) is 17.0 Å². The standard InChI is InChI=1S/C20H18FNO2/c1-22-11-18(16-5-3-4-6-19(16)22)20-17-10-14(21)8-7-13(17)9-15(24-20)12-23-2/h3-11,20H,12H2,1-2H3. The molecule has 2 aromatic carbocycles. The van der Waals surface area contributed by atoms with Gasteiger partial charge in [-0.1, -0.05) is 24.3 Å². The molecular weight excluding hydrogens is 305 g/mol. The zero-order chi connectivity index (χ0) is 16.7. The van der Waals surface area contributed by atoms with Gasteiger partial charge >= 0.3 is 0 Å². The minimum absolute atomic E-state index is 0.258. The summed E-state index contributed by atoms with van der Waals surface area (Å²) in [6.07, 6.45) is 3.62. The molecule has 0 spiro atoms. The van der Waals surface area contributed by atoms with Crippen molar-refractivity contribution >= 4 is 17.0 Å². The summed E-state index contributed by atoms with van der Waals surface area (Å²) in [6.45, 7) is 0.387. The number of halogens is 1. The number of benzene rings is 2. The van der Waals surface area contributed by atoms with Crippen LogP contribution in [-0.2, 0) is 16.5 Å². The number of rotatable bonds is 3. The van der Waals surface area contributed by atoms with Crippen molar-refractivity contribution in [2.75, 3.05) is 13.7 Å². The molecule has 0 fully saturated rings. The predicted molar refractivity (Wildman–Crippen MR) is 92.1 cm³/mol. The number of aromatic nitrogens is 1. The normalized spacial score (nSPS) is 16.6. The molecule has 1 unspecified atom stereocenters. The number of aryl methyl sites for hydroxylation is 1. The Morgan fingerprint density at radius 1 is 1.17 bits per heavy atom. The van der Waals surface area contributed by atoms with E-state index in [1.807, 2.05) is 25.3 Å². The molecule has 4 rings (SSSR count). The maximum absolute atomic E-state index is 13.8. The summed E-state index contributed by atoms with van der Waals surface area (Å²) in [4.78, 5) is 0. The first kappa shape index (κ1) is 15.0. The van der Waals surface area contributed by atoms with Crippen molar-refractivity contribution < 1.29 is 13.9 Å². The maximum Gasteiger partial charge on any atom is 0.151 e. The molecule has 1 aromatic heterocycles. The summed E-state index contributed by atoms with van der Waals surface area (Å²) >= 11 is 0. The van der Waals surface area contributed by atoms with Crippen LogP contribution < -0.4 is 0 Å². The summed E-state index contributed by atoms with van der Waals surface area (Å²) in [5.41, 5.74) is 3.96. The van der Waals surface area contributed by atoms with Crippen LogP contribution in [0.2, 0.25) is 0 Å². The van der Waals surface area contributed by atoms with Gasteiger partial charge in [-0.25, -0.2) is 4.39 Å². The van der Waals surface area contributed by atoms with Crippen molar-refractivity contribution in [2.24, 2.45) is 7.05 Å². The SMILES string of the molecule is COCC1=Cc2ccc(F)cc2C(c2cn(C)c3ccccc23)O1. The van der Waals surface area contributed by atoms with Gasteiger partial charge in [0, 0.05) is 42.4 Å². The number of hydrogen-bond donors (Lipinski definition) is 0. The van der Waals surface area contributed by atoms with Gasteiger partial charge in [0.1, 0.15) is 18.2 Å². The quantitative estimate of drug-likeness (QED) is 0.712. The Balaban J connectivity index is 1.91. The molecule has 0 saturated heterocycles. The summed E-state index contributed by atoms with van der Waals surface area (Å²) in [5, 5.41) is 1.11. The Hall–Kier alpha value is -2.59. The van der Waals surface area contributed by atoms with Crippen LogP contribution in [0.3, 0.4) is 0 Å². The highest BCUT2D eigenvalue weighted by Crippen LogP contribution is 2.39. The number of hydrogen-bond acceptors (Lipinski definition) is 2. The number of para-hydroxylation sites is 1. The van der Waals surface area contributed by atoms with Crippen molar-refractivity contribution in [3.8, 4) is 0 Å². The van der Waals surface area contributed by atoms with Crippen molar-refractivity contribution in [3.63, 3.8) is 0 Å². The lowest BCUT2D eigenvalue weighted by molar-refractivity contribution is 0.0959. The first-order valence-electron chi connectivity index (χ1n) is 7.87. The van der Waals surface area contributed by atoms with Crippen LogP contribution in [-0.4, -0.2) is 18.3 Å². The van der Waals surface area contributed by atoms with Gasteiger partial charge in [0.25, 0.3) is 0 Å². The van der Waals surface area contributed by atoms with Gasteiger partial charge in [0.15, 0.2) is 6.10 Å². The smallest absolute Gasteiger partial charge is 0.151 e. The molecule has 1 atom stereocenters. The molecule has 3 aromatic rings. The second-order valence-electron chi connectivity index (χ2n) is 6.03. The van der Waals surface area contributed by atoms with Gasteiger partial charge in [-0.3, -0.25) is 0 Å². The second kappa shape index (κ2) is 5.80. The largest absolute Gasteiger partial charge is 0.483 e. The topological polar surface area (TPSA) is 23.4 Å². The van der Waals surface area contributed by atoms with E-state index < -0.39 is 0 Å². The average molecular weight is 323 g/mol. The minimum atomic E-state index is -0.350. The summed E-state index contributed by atoms with van der Waals surface area (Å²) < 4.78 is 27.3. The van der Waals surface area contributed by atoms with E-state index in [4.69, 9.17) is 9.47 Å². The highest BCUT2D eigenvalue weighted by molar-refractivity contribution is 5.85. The molecule has 3 nitrogen and oxygen atoms in total. The third-order valence-electron chi connectivity index (χ3n) is 4.41. The first-order valence-corrected chi connectivity index (χ1v) is 7.87. The third kappa shape index (κ3) is 2.39. The fraction of sp³-hybridized carbons (Fsp3) is 0.200. The zero-order valence-electron chi connectivity index (χ0n) is 13.6. The van der Waals surface area contributed by atoms with Crippen molar-refractivity contribution in [2.45, 2.75) is 6.10 Å². The van der Waals surface area contributed by atoms with E-state index in [1.54, 1.807) is 19.2 Å². The molecule has 122 valence electrons. The summed E-state index contributed by atoms with van der Waals surface area (Å²) in [7, 11) is 3.64. The molecule has 0 amide bonds. The molecule has 4 heteroatoms.